The lowest BCUT2D eigenvalue weighted by Crippen LogP contribution is -2.43. The lowest BCUT2D eigenvalue weighted by molar-refractivity contribution is -0.166. The topological polar surface area (TPSA) is 125 Å². The van der Waals surface area contributed by atoms with Crippen LogP contribution in [-0.2, 0) is 38.1 Å². The van der Waals surface area contributed by atoms with Gasteiger partial charge in [0.25, 0.3) is 0 Å². The molecule has 1 N–H and O–H groups in total. The molecule has 0 bridgehead atoms. The fourth-order valence-electron chi connectivity index (χ4n) is 12.1. The van der Waals surface area contributed by atoms with Gasteiger partial charge in [0.2, 0.25) is 0 Å². The first-order valence-corrected chi connectivity index (χ1v) is 25.6. The third-order valence-corrected chi connectivity index (χ3v) is 16.6. The zero-order chi connectivity index (χ0) is 48.0. The van der Waals surface area contributed by atoms with Gasteiger partial charge in [0.1, 0.15) is 18.3 Å². The van der Waals surface area contributed by atoms with Crippen LogP contribution in [0.2, 0.25) is 0 Å². The highest BCUT2D eigenvalue weighted by molar-refractivity contribution is 5.76. The van der Waals surface area contributed by atoms with Crippen molar-refractivity contribution >= 4 is 23.9 Å². The first-order chi connectivity index (χ1) is 30.4. The molecule has 1 unspecified atom stereocenters. The maximum absolute atomic E-state index is 13.1. The third-order valence-electron chi connectivity index (χ3n) is 16.6. The minimum absolute atomic E-state index is 0.0457. The van der Waals surface area contributed by atoms with Crippen LogP contribution in [0.25, 0.3) is 0 Å². The molecule has 0 spiro atoms. The van der Waals surface area contributed by atoms with Crippen molar-refractivity contribution in [3.05, 3.63) is 47.6 Å². The Morgan fingerprint density at radius 2 is 1.20 bits per heavy atom. The van der Waals surface area contributed by atoms with Crippen molar-refractivity contribution in [3.63, 3.8) is 0 Å². The number of cyclic esters (lactones) is 1. The van der Waals surface area contributed by atoms with Crippen LogP contribution in [0, 0.1) is 75.4 Å². The number of aliphatic hydroxyl groups excluding tert-OH is 1. The number of rotatable bonds is 14. The number of esters is 4. The Kier molecular flexibility index (Phi) is 18.1. The quantitative estimate of drug-likeness (QED) is 0.134. The van der Waals surface area contributed by atoms with Crippen molar-refractivity contribution in [2.24, 2.45) is 75.4 Å². The molecule has 65 heavy (non-hydrogen) atoms. The van der Waals surface area contributed by atoms with E-state index in [0.717, 1.165) is 57.8 Å². The van der Waals surface area contributed by atoms with Crippen molar-refractivity contribution in [1.82, 2.24) is 0 Å². The van der Waals surface area contributed by atoms with Crippen LogP contribution >= 0.6 is 0 Å². The van der Waals surface area contributed by atoms with Crippen molar-refractivity contribution in [1.29, 1.82) is 0 Å². The molecular weight excluding hydrogens is 817 g/mol. The minimum atomic E-state index is -0.601. The highest BCUT2D eigenvalue weighted by Crippen LogP contribution is 2.50. The van der Waals surface area contributed by atoms with E-state index in [2.05, 4.69) is 84.9 Å². The van der Waals surface area contributed by atoms with Crippen LogP contribution in [0.5, 0.6) is 0 Å². The van der Waals surface area contributed by atoms with Gasteiger partial charge in [-0.15, -0.1) is 0 Å². The van der Waals surface area contributed by atoms with E-state index >= 15 is 0 Å². The standard InChI is InChI=1S/C31H50O4.C25H38O5/c1-9-31(6,7)29(33)35-26-15-20(2)14-24-12-10-21(3)25(28(24)26)13-11-22-16-23(17-27(32)34-8)19-30(4,5)18-22;1-6-25(4,5)24(28)30-21-12-15(2)11-17-8-7-16(3)20(23(17)21)10-9-19-13-18(26)14-22(27)29-19/h10,12,14,20-23,25-26,28H,9,11,13,15-19H2,1-8H3;7-8,11,15-16,18-21,23,26H,6,9-10,12-14H2,1-5H3/t20-,21-,22+,23+,25-,26-,28?;15-,16-,18+,19+,20-,21-,23-/m00/s1. The Balaban J connectivity index is 0.000000247. The first-order valence-electron chi connectivity index (χ1n) is 25.6. The Hall–Kier alpha value is -3.20. The summed E-state index contributed by atoms with van der Waals surface area (Å²) in [5, 5.41) is 9.92. The van der Waals surface area contributed by atoms with Crippen molar-refractivity contribution in [2.75, 3.05) is 7.11 Å². The summed E-state index contributed by atoms with van der Waals surface area (Å²) in [6, 6.07) is 0. The fourth-order valence-corrected chi connectivity index (χ4v) is 12.1. The van der Waals surface area contributed by atoms with Gasteiger partial charge in [0.15, 0.2) is 0 Å². The zero-order valence-electron chi connectivity index (χ0n) is 42.7. The largest absolute Gasteiger partial charge is 0.469 e. The van der Waals surface area contributed by atoms with Crippen molar-refractivity contribution in [3.8, 4) is 0 Å². The lowest BCUT2D eigenvalue weighted by Gasteiger charge is -2.45. The van der Waals surface area contributed by atoms with E-state index in [1.54, 1.807) is 0 Å². The summed E-state index contributed by atoms with van der Waals surface area (Å²) in [4.78, 5) is 49.6. The predicted molar refractivity (Wildman–Crippen MR) is 257 cm³/mol. The van der Waals surface area contributed by atoms with E-state index in [1.807, 2.05) is 34.6 Å². The van der Waals surface area contributed by atoms with E-state index in [0.29, 0.717) is 60.2 Å². The number of hydrogen-bond donors (Lipinski definition) is 1. The second-order valence-corrected chi connectivity index (χ2v) is 23.6. The number of hydrogen-bond acceptors (Lipinski definition) is 9. The Bertz CT molecular complexity index is 1780. The van der Waals surface area contributed by atoms with Crippen LogP contribution < -0.4 is 0 Å². The predicted octanol–water partition coefficient (Wildman–Crippen LogP) is 12.1. The number of allylic oxidation sites excluding steroid dienone is 6. The highest BCUT2D eigenvalue weighted by Gasteiger charge is 2.45. The summed E-state index contributed by atoms with van der Waals surface area (Å²) in [7, 11) is 1.49. The van der Waals surface area contributed by atoms with Gasteiger partial charge in [0.05, 0.1) is 30.5 Å². The number of carbonyl (C=O) groups is 4. The number of ether oxygens (including phenoxy) is 4. The average molecular weight is 905 g/mol. The molecule has 1 saturated carbocycles. The molecule has 6 aliphatic rings. The van der Waals surface area contributed by atoms with E-state index in [1.165, 1.54) is 31.1 Å². The minimum Gasteiger partial charge on any atom is -0.469 e. The van der Waals surface area contributed by atoms with Crippen LogP contribution in [0.15, 0.2) is 47.6 Å². The zero-order valence-corrected chi connectivity index (χ0v) is 42.7. The molecule has 366 valence electrons. The van der Waals surface area contributed by atoms with E-state index < -0.39 is 16.9 Å². The smallest absolute Gasteiger partial charge is 0.311 e. The van der Waals surface area contributed by atoms with Crippen LogP contribution in [0.3, 0.4) is 0 Å². The van der Waals surface area contributed by atoms with Gasteiger partial charge in [-0.05, 0) is 156 Å². The van der Waals surface area contributed by atoms with Gasteiger partial charge in [-0.3, -0.25) is 19.2 Å². The molecule has 0 radical (unpaired) electrons. The summed E-state index contributed by atoms with van der Waals surface area (Å²) >= 11 is 0. The molecule has 1 saturated heterocycles. The van der Waals surface area contributed by atoms with Gasteiger partial charge in [-0.1, -0.05) is 98.3 Å². The number of carbonyl (C=O) groups excluding carboxylic acids is 4. The van der Waals surface area contributed by atoms with Crippen LogP contribution in [0.4, 0.5) is 0 Å². The Morgan fingerprint density at radius 3 is 1.66 bits per heavy atom. The normalized spacial score (nSPS) is 35.4. The summed E-state index contributed by atoms with van der Waals surface area (Å²) in [5.41, 5.74) is 1.96. The summed E-state index contributed by atoms with van der Waals surface area (Å²) in [5.74, 6) is 3.32. The van der Waals surface area contributed by atoms with Crippen molar-refractivity contribution in [2.45, 2.75) is 197 Å². The maximum Gasteiger partial charge on any atom is 0.311 e. The van der Waals surface area contributed by atoms with Crippen LogP contribution in [0.1, 0.15) is 173 Å². The van der Waals surface area contributed by atoms with Gasteiger partial charge in [-0.25, -0.2) is 0 Å². The second-order valence-electron chi connectivity index (χ2n) is 23.6. The highest BCUT2D eigenvalue weighted by atomic mass is 16.6. The molecular formula is C56H88O9. The summed E-state index contributed by atoms with van der Waals surface area (Å²) in [6.07, 6.45) is 24.6. The monoisotopic (exact) mass is 905 g/mol. The van der Waals surface area contributed by atoms with E-state index in [-0.39, 0.29) is 65.9 Å². The third kappa shape index (κ3) is 13.9. The Labute approximate surface area is 393 Å². The maximum atomic E-state index is 13.1. The molecule has 0 aromatic heterocycles. The molecule has 6 rings (SSSR count). The SMILES string of the molecule is CCC(C)(C)C(=O)O[C@H]1C[C@@H](C)C=C2C=C[C@H](C)[C@H](CC[C@@H]3C[C@@H](O)CC(=O)O3)[C@H]21.CCC(C)(C)C(=O)O[C@H]1C[C@@H](C)C=C2C=C[C@H](C)[C@H](CC[C@@H]3C[C@H](CC(=O)OC)CC(C)(C)C3)C21. The van der Waals surface area contributed by atoms with Crippen LogP contribution in [-0.4, -0.2) is 60.5 Å². The van der Waals surface area contributed by atoms with Gasteiger partial charge >= 0.3 is 23.9 Å². The number of aliphatic hydroxyl groups is 1. The summed E-state index contributed by atoms with van der Waals surface area (Å²) in [6.45, 7) is 25.6. The van der Waals surface area contributed by atoms with Gasteiger partial charge in [0, 0.05) is 24.7 Å². The van der Waals surface area contributed by atoms with E-state index in [9.17, 15) is 24.3 Å². The van der Waals surface area contributed by atoms with E-state index in [4.69, 9.17) is 18.9 Å². The molecule has 0 aromatic carbocycles. The molecule has 5 aliphatic carbocycles. The molecule has 0 aromatic rings. The molecule has 9 nitrogen and oxygen atoms in total. The number of methoxy groups -OCH3 is 1. The number of fused-ring (bicyclic) bond motifs is 2. The van der Waals surface area contributed by atoms with Gasteiger partial charge in [-0.2, -0.15) is 0 Å². The second kappa shape index (κ2) is 22.3. The first kappa shape index (κ1) is 52.8. The molecule has 9 heteroatoms. The fraction of sp³-hybridized carbons (Fsp3) is 0.786. The molecule has 1 heterocycles. The molecule has 1 aliphatic heterocycles. The summed E-state index contributed by atoms with van der Waals surface area (Å²) < 4.78 is 22.9. The molecule has 14 atom stereocenters. The molecule has 2 fully saturated rings. The van der Waals surface area contributed by atoms with Gasteiger partial charge < -0.3 is 24.1 Å². The Morgan fingerprint density at radius 1 is 0.723 bits per heavy atom. The average Bonchev–Trinajstić information content (AvgIpc) is 3.22. The van der Waals surface area contributed by atoms with Crippen molar-refractivity contribution < 1.29 is 43.2 Å². The molecule has 0 amide bonds. The lowest BCUT2D eigenvalue weighted by atomic mass is 9.62.